The predicted octanol–water partition coefficient (Wildman–Crippen LogP) is 3.87. The Labute approximate surface area is 121 Å². The monoisotopic (exact) mass is 275 g/mol. The standard InChI is InChI=1S/C17H25NO2/c1-13-10-11-18(16(19)20-17(2,3)4)15(13)12-14-8-6-5-7-9-14/h5-9,13,15H,10-12H2,1-4H3/t13-,15+/m1/s1. The summed E-state index contributed by atoms with van der Waals surface area (Å²) in [5, 5.41) is 0. The van der Waals surface area contributed by atoms with Gasteiger partial charge >= 0.3 is 6.09 Å². The Hall–Kier alpha value is -1.51. The van der Waals surface area contributed by atoms with Crippen LogP contribution < -0.4 is 0 Å². The zero-order valence-electron chi connectivity index (χ0n) is 12.9. The average molecular weight is 275 g/mol. The largest absolute Gasteiger partial charge is 0.444 e. The molecule has 1 aliphatic heterocycles. The fourth-order valence-corrected chi connectivity index (χ4v) is 2.72. The molecule has 0 saturated carbocycles. The van der Waals surface area contributed by atoms with E-state index < -0.39 is 5.60 Å². The topological polar surface area (TPSA) is 29.5 Å². The van der Waals surface area contributed by atoms with Crippen LogP contribution >= 0.6 is 0 Å². The van der Waals surface area contributed by atoms with Crippen molar-refractivity contribution in [1.82, 2.24) is 4.90 Å². The summed E-state index contributed by atoms with van der Waals surface area (Å²) in [7, 11) is 0. The van der Waals surface area contributed by atoms with E-state index in [1.54, 1.807) is 0 Å². The summed E-state index contributed by atoms with van der Waals surface area (Å²) < 4.78 is 5.52. The lowest BCUT2D eigenvalue weighted by Crippen LogP contribution is -2.42. The van der Waals surface area contributed by atoms with Crippen LogP contribution in [0.3, 0.4) is 0 Å². The van der Waals surface area contributed by atoms with Gasteiger partial charge in [0.25, 0.3) is 0 Å². The molecule has 1 fully saturated rings. The van der Waals surface area contributed by atoms with Crippen molar-refractivity contribution >= 4 is 6.09 Å². The van der Waals surface area contributed by atoms with Crippen LogP contribution in [0.2, 0.25) is 0 Å². The van der Waals surface area contributed by atoms with Crippen molar-refractivity contribution in [3.8, 4) is 0 Å². The number of carbonyl (C=O) groups is 1. The molecule has 2 atom stereocenters. The van der Waals surface area contributed by atoms with Gasteiger partial charge in [-0.05, 0) is 45.1 Å². The van der Waals surface area contributed by atoms with Gasteiger partial charge < -0.3 is 9.64 Å². The molecule has 0 aliphatic carbocycles. The predicted molar refractivity (Wildman–Crippen MR) is 80.7 cm³/mol. The summed E-state index contributed by atoms with van der Waals surface area (Å²) in [5.41, 5.74) is 0.847. The Morgan fingerprint density at radius 2 is 1.95 bits per heavy atom. The zero-order valence-corrected chi connectivity index (χ0v) is 12.9. The first-order valence-electron chi connectivity index (χ1n) is 7.40. The third-order valence-corrected chi connectivity index (χ3v) is 3.80. The van der Waals surface area contributed by atoms with E-state index in [0.29, 0.717) is 5.92 Å². The highest BCUT2D eigenvalue weighted by Gasteiger charge is 2.36. The quantitative estimate of drug-likeness (QED) is 0.820. The minimum absolute atomic E-state index is 0.178. The van der Waals surface area contributed by atoms with Gasteiger partial charge in [-0.1, -0.05) is 37.3 Å². The first-order valence-corrected chi connectivity index (χ1v) is 7.40. The minimum atomic E-state index is -0.430. The van der Waals surface area contributed by atoms with Crippen LogP contribution in [-0.2, 0) is 11.2 Å². The highest BCUT2D eigenvalue weighted by Crippen LogP contribution is 2.28. The van der Waals surface area contributed by atoms with Crippen LogP contribution in [0.1, 0.15) is 39.7 Å². The highest BCUT2D eigenvalue weighted by atomic mass is 16.6. The van der Waals surface area contributed by atoms with Crippen molar-refractivity contribution in [2.24, 2.45) is 5.92 Å². The number of amides is 1. The van der Waals surface area contributed by atoms with Crippen LogP contribution in [0.15, 0.2) is 30.3 Å². The van der Waals surface area contributed by atoms with E-state index >= 15 is 0 Å². The molecule has 1 amide bonds. The molecule has 3 nitrogen and oxygen atoms in total. The molecule has 0 N–H and O–H groups in total. The molecule has 110 valence electrons. The number of carbonyl (C=O) groups excluding carboxylic acids is 1. The molecule has 1 aliphatic rings. The summed E-state index contributed by atoms with van der Waals surface area (Å²) in [4.78, 5) is 14.2. The van der Waals surface area contributed by atoms with Crippen LogP contribution in [0, 0.1) is 5.92 Å². The Morgan fingerprint density at radius 1 is 1.30 bits per heavy atom. The molecule has 0 unspecified atom stereocenters. The number of rotatable bonds is 2. The normalized spacial score (nSPS) is 22.9. The molecule has 3 heteroatoms. The molecule has 1 heterocycles. The molecule has 20 heavy (non-hydrogen) atoms. The van der Waals surface area contributed by atoms with E-state index in [2.05, 4.69) is 19.1 Å². The molecule has 1 saturated heterocycles. The van der Waals surface area contributed by atoms with Gasteiger partial charge in [-0.25, -0.2) is 4.79 Å². The van der Waals surface area contributed by atoms with Gasteiger partial charge in [0.05, 0.1) is 0 Å². The summed E-state index contributed by atoms with van der Waals surface area (Å²) in [6, 6.07) is 10.6. The highest BCUT2D eigenvalue weighted by molar-refractivity contribution is 5.69. The van der Waals surface area contributed by atoms with E-state index in [0.717, 1.165) is 19.4 Å². The summed E-state index contributed by atoms with van der Waals surface area (Å²) >= 11 is 0. The molecular formula is C17H25NO2. The summed E-state index contributed by atoms with van der Waals surface area (Å²) in [6.07, 6.45) is 1.78. The second-order valence-corrected chi connectivity index (χ2v) is 6.70. The lowest BCUT2D eigenvalue weighted by Gasteiger charge is -2.30. The number of hydrogen-bond acceptors (Lipinski definition) is 2. The molecule has 1 aromatic rings. The number of hydrogen-bond donors (Lipinski definition) is 0. The van der Waals surface area contributed by atoms with E-state index in [-0.39, 0.29) is 12.1 Å². The lowest BCUT2D eigenvalue weighted by atomic mass is 9.96. The first-order chi connectivity index (χ1) is 9.37. The maximum Gasteiger partial charge on any atom is 0.410 e. The smallest absolute Gasteiger partial charge is 0.410 e. The van der Waals surface area contributed by atoms with Gasteiger partial charge in [0, 0.05) is 12.6 Å². The Balaban J connectivity index is 2.07. The van der Waals surface area contributed by atoms with Gasteiger partial charge in [0.2, 0.25) is 0 Å². The molecule has 2 rings (SSSR count). The van der Waals surface area contributed by atoms with Gasteiger partial charge in [0.1, 0.15) is 5.60 Å². The third-order valence-electron chi connectivity index (χ3n) is 3.80. The van der Waals surface area contributed by atoms with E-state index in [1.807, 2.05) is 43.9 Å². The molecule has 0 radical (unpaired) electrons. The molecule has 0 bridgehead atoms. The molecule has 1 aromatic carbocycles. The number of benzene rings is 1. The van der Waals surface area contributed by atoms with Gasteiger partial charge in [0.15, 0.2) is 0 Å². The maximum absolute atomic E-state index is 12.3. The fourth-order valence-electron chi connectivity index (χ4n) is 2.72. The van der Waals surface area contributed by atoms with Crippen molar-refractivity contribution in [3.05, 3.63) is 35.9 Å². The fraction of sp³-hybridized carbons (Fsp3) is 0.588. The van der Waals surface area contributed by atoms with Crippen LogP contribution in [0.25, 0.3) is 0 Å². The molecule has 0 aromatic heterocycles. The second kappa shape index (κ2) is 5.86. The van der Waals surface area contributed by atoms with E-state index in [1.165, 1.54) is 5.56 Å². The minimum Gasteiger partial charge on any atom is -0.444 e. The molecular weight excluding hydrogens is 250 g/mol. The van der Waals surface area contributed by atoms with Gasteiger partial charge in [-0.2, -0.15) is 0 Å². The van der Waals surface area contributed by atoms with Crippen molar-refractivity contribution in [1.29, 1.82) is 0 Å². The first kappa shape index (κ1) is 14.9. The van der Waals surface area contributed by atoms with E-state index in [9.17, 15) is 4.79 Å². The Kier molecular flexibility index (Phi) is 4.36. The van der Waals surface area contributed by atoms with Crippen LogP contribution in [0.5, 0.6) is 0 Å². The number of ether oxygens (including phenoxy) is 1. The Morgan fingerprint density at radius 3 is 2.55 bits per heavy atom. The van der Waals surface area contributed by atoms with Crippen LogP contribution in [-0.4, -0.2) is 29.2 Å². The number of nitrogens with zero attached hydrogens (tertiary/aromatic N) is 1. The van der Waals surface area contributed by atoms with Crippen molar-refractivity contribution in [2.75, 3.05) is 6.54 Å². The lowest BCUT2D eigenvalue weighted by molar-refractivity contribution is 0.0211. The zero-order chi connectivity index (χ0) is 14.8. The summed E-state index contributed by atoms with van der Waals surface area (Å²) in [5.74, 6) is 0.516. The average Bonchev–Trinajstić information content (AvgIpc) is 2.70. The van der Waals surface area contributed by atoms with Gasteiger partial charge in [-0.3, -0.25) is 0 Å². The maximum atomic E-state index is 12.3. The number of likely N-dealkylation sites (tertiary alicyclic amines) is 1. The SMILES string of the molecule is C[C@@H]1CCN(C(=O)OC(C)(C)C)[C@H]1Cc1ccccc1. The molecule has 0 spiro atoms. The second-order valence-electron chi connectivity index (χ2n) is 6.70. The van der Waals surface area contributed by atoms with Crippen molar-refractivity contribution < 1.29 is 9.53 Å². The summed E-state index contributed by atoms with van der Waals surface area (Å²) in [6.45, 7) is 8.76. The van der Waals surface area contributed by atoms with Gasteiger partial charge in [-0.15, -0.1) is 0 Å². The van der Waals surface area contributed by atoms with Crippen molar-refractivity contribution in [3.63, 3.8) is 0 Å². The van der Waals surface area contributed by atoms with Crippen LogP contribution in [0.4, 0.5) is 4.79 Å². The Bertz CT molecular complexity index is 450. The van der Waals surface area contributed by atoms with Crippen molar-refractivity contribution in [2.45, 2.75) is 52.2 Å². The third kappa shape index (κ3) is 3.75. The van der Waals surface area contributed by atoms with E-state index in [4.69, 9.17) is 4.74 Å².